The Morgan fingerprint density at radius 2 is 2.25 bits per heavy atom. The minimum Gasteiger partial charge on any atom is -0.376 e. The van der Waals surface area contributed by atoms with Crippen LogP contribution < -0.4 is 0 Å². The van der Waals surface area contributed by atoms with Crippen molar-refractivity contribution < 1.29 is 14.4 Å². The van der Waals surface area contributed by atoms with Crippen LogP contribution in [0.5, 0.6) is 0 Å². The average Bonchev–Trinajstić information content (AvgIpc) is 3.19. The molecule has 0 radical (unpaired) electrons. The van der Waals surface area contributed by atoms with E-state index in [2.05, 4.69) is 9.88 Å². The van der Waals surface area contributed by atoms with Crippen LogP contribution in [0.25, 0.3) is 0 Å². The molecule has 0 bridgehead atoms. The zero-order valence-corrected chi connectivity index (χ0v) is 14.3. The number of amides is 1. The zero-order chi connectivity index (χ0) is 16.5. The highest BCUT2D eigenvalue weighted by atomic mass is 35.5. The third kappa shape index (κ3) is 3.16. The van der Waals surface area contributed by atoms with E-state index in [-0.39, 0.29) is 24.0 Å². The molecular formula is C17H22ClN3O3. The summed E-state index contributed by atoms with van der Waals surface area (Å²) in [4.78, 5) is 24.9. The Morgan fingerprint density at radius 3 is 3.04 bits per heavy atom. The summed E-state index contributed by atoms with van der Waals surface area (Å²) in [6, 6.07) is 2.21. The maximum atomic E-state index is 12.9. The Morgan fingerprint density at radius 1 is 1.33 bits per heavy atom. The number of ether oxygens (including phenoxy) is 1. The van der Waals surface area contributed by atoms with Crippen LogP contribution in [-0.2, 0) is 20.9 Å². The quantitative estimate of drug-likeness (QED) is 0.832. The van der Waals surface area contributed by atoms with Gasteiger partial charge in [0.2, 0.25) is 0 Å². The highest BCUT2D eigenvalue weighted by Crippen LogP contribution is 2.35. The van der Waals surface area contributed by atoms with Gasteiger partial charge in [0.15, 0.2) is 0 Å². The van der Waals surface area contributed by atoms with Gasteiger partial charge in [0, 0.05) is 44.7 Å². The van der Waals surface area contributed by atoms with Gasteiger partial charge in [-0.3, -0.25) is 19.5 Å². The molecule has 3 fully saturated rings. The van der Waals surface area contributed by atoms with Crippen LogP contribution in [0, 0.1) is 5.92 Å². The van der Waals surface area contributed by atoms with E-state index in [1.165, 1.54) is 0 Å². The van der Waals surface area contributed by atoms with E-state index < -0.39 is 0 Å². The number of fused-ring (bicyclic) bond motifs is 1. The number of hydroxylamine groups is 2. The van der Waals surface area contributed by atoms with Gasteiger partial charge in [0.25, 0.3) is 5.91 Å². The van der Waals surface area contributed by atoms with Crippen molar-refractivity contribution in [1.29, 1.82) is 0 Å². The number of hydrogen-bond donors (Lipinski definition) is 0. The van der Waals surface area contributed by atoms with Crippen LogP contribution in [-0.4, -0.2) is 59.3 Å². The Hall–Kier alpha value is -1.21. The summed E-state index contributed by atoms with van der Waals surface area (Å²) in [6.45, 7) is 3.46. The molecule has 1 aromatic rings. The smallest absolute Gasteiger partial charge is 0.253 e. The minimum atomic E-state index is -0.150. The number of nitrogens with zero attached hydrogens (tertiary/aromatic N) is 3. The van der Waals surface area contributed by atoms with E-state index in [9.17, 15) is 4.79 Å². The second-order valence-corrected chi connectivity index (χ2v) is 7.16. The summed E-state index contributed by atoms with van der Waals surface area (Å²) in [7, 11) is 0. The second kappa shape index (κ2) is 6.96. The van der Waals surface area contributed by atoms with Crippen molar-refractivity contribution in [2.24, 2.45) is 5.92 Å². The third-order valence-electron chi connectivity index (χ3n) is 5.11. The maximum absolute atomic E-state index is 12.9. The molecule has 3 atom stereocenters. The molecule has 3 saturated heterocycles. The monoisotopic (exact) mass is 351 g/mol. The summed E-state index contributed by atoms with van der Waals surface area (Å²) in [5.41, 5.74) is 1.07. The normalized spacial score (nSPS) is 30.5. The molecule has 0 saturated carbocycles. The zero-order valence-electron chi connectivity index (χ0n) is 13.6. The van der Waals surface area contributed by atoms with Gasteiger partial charge >= 0.3 is 0 Å². The first-order valence-corrected chi connectivity index (χ1v) is 8.99. The Labute approximate surface area is 146 Å². The van der Waals surface area contributed by atoms with E-state index in [1.54, 1.807) is 11.3 Å². The number of likely N-dealkylation sites (tertiary alicyclic amines) is 1. The lowest BCUT2D eigenvalue weighted by molar-refractivity contribution is -0.203. The van der Waals surface area contributed by atoms with Crippen LogP contribution in [0.3, 0.4) is 0 Å². The summed E-state index contributed by atoms with van der Waals surface area (Å²) in [5.74, 6) is -0.0823. The number of aromatic nitrogens is 1. The lowest BCUT2D eigenvalue weighted by atomic mass is 10.0. The predicted octanol–water partition coefficient (Wildman–Crippen LogP) is 1.88. The minimum absolute atomic E-state index is 0.0323. The lowest BCUT2D eigenvalue weighted by Crippen LogP contribution is -2.43. The molecule has 0 N–H and O–H groups in total. The number of rotatable bonds is 3. The van der Waals surface area contributed by atoms with Gasteiger partial charge in [-0.05, 0) is 30.9 Å². The van der Waals surface area contributed by atoms with E-state index >= 15 is 0 Å². The van der Waals surface area contributed by atoms with Crippen LogP contribution in [0.1, 0.15) is 24.8 Å². The Kier molecular flexibility index (Phi) is 4.72. The fraction of sp³-hybridized carbons (Fsp3) is 0.647. The van der Waals surface area contributed by atoms with Gasteiger partial charge in [0.05, 0.1) is 23.7 Å². The van der Waals surface area contributed by atoms with Crippen molar-refractivity contribution in [1.82, 2.24) is 14.9 Å². The molecule has 0 unspecified atom stereocenters. The van der Waals surface area contributed by atoms with E-state index in [1.807, 2.05) is 12.3 Å². The van der Waals surface area contributed by atoms with Crippen LogP contribution in [0.4, 0.5) is 0 Å². The van der Waals surface area contributed by atoms with Gasteiger partial charge in [-0.2, -0.15) is 0 Å². The van der Waals surface area contributed by atoms with E-state index in [0.29, 0.717) is 31.3 Å². The molecule has 3 aliphatic rings. The molecule has 0 aliphatic carbocycles. The van der Waals surface area contributed by atoms with Gasteiger partial charge in [0.1, 0.15) is 0 Å². The molecule has 4 rings (SSSR count). The number of hydrogen-bond acceptors (Lipinski definition) is 5. The summed E-state index contributed by atoms with van der Waals surface area (Å²) >= 11 is 6.04. The molecule has 6 nitrogen and oxygen atoms in total. The molecule has 24 heavy (non-hydrogen) atoms. The molecule has 1 amide bonds. The van der Waals surface area contributed by atoms with Gasteiger partial charge in [-0.25, -0.2) is 5.06 Å². The van der Waals surface area contributed by atoms with Crippen molar-refractivity contribution in [3.8, 4) is 0 Å². The Balaban J connectivity index is 1.48. The molecular weight excluding hydrogens is 330 g/mol. The first-order chi connectivity index (χ1) is 11.7. The van der Waals surface area contributed by atoms with E-state index in [0.717, 1.165) is 31.4 Å². The van der Waals surface area contributed by atoms with Crippen molar-refractivity contribution in [2.45, 2.75) is 38.0 Å². The highest BCUT2D eigenvalue weighted by molar-refractivity contribution is 6.30. The van der Waals surface area contributed by atoms with Gasteiger partial charge < -0.3 is 4.74 Å². The van der Waals surface area contributed by atoms with Gasteiger partial charge in [-0.1, -0.05) is 11.6 Å². The Bertz CT molecular complexity index is 608. The highest BCUT2D eigenvalue weighted by Gasteiger charge is 2.49. The van der Waals surface area contributed by atoms with Crippen LogP contribution in [0.2, 0.25) is 5.02 Å². The average molecular weight is 352 g/mol. The molecule has 4 heterocycles. The molecule has 0 spiro atoms. The topological polar surface area (TPSA) is 54.9 Å². The molecule has 7 heteroatoms. The van der Waals surface area contributed by atoms with Crippen molar-refractivity contribution in [3.05, 3.63) is 29.0 Å². The largest absolute Gasteiger partial charge is 0.376 e. The summed E-state index contributed by atoms with van der Waals surface area (Å²) < 4.78 is 5.91. The maximum Gasteiger partial charge on any atom is 0.253 e. The fourth-order valence-electron chi connectivity index (χ4n) is 4.00. The lowest BCUT2D eigenvalue weighted by Gasteiger charge is -2.29. The van der Waals surface area contributed by atoms with Crippen LogP contribution in [0.15, 0.2) is 18.5 Å². The molecule has 0 aromatic carbocycles. The predicted molar refractivity (Wildman–Crippen MR) is 88.2 cm³/mol. The van der Waals surface area contributed by atoms with E-state index in [4.69, 9.17) is 21.2 Å². The van der Waals surface area contributed by atoms with Crippen molar-refractivity contribution in [2.75, 3.05) is 26.3 Å². The molecule has 1 aromatic heterocycles. The fourth-order valence-corrected chi connectivity index (χ4v) is 4.20. The SMILES string of the molecule is O=C([C@H]1CN(Cc2cncc(Cl)c2)[C@@H]2CCO[C@H]12)N1CCCCO1. The number of pyridine rings is 1. The summed E-state index contributed by atoms with van der Waals surface area (Å²) in [6.07, 6.45) is 6.42. The van der Waals surface area contributed by atoms with Gasteiger partial charge in [-0.15, -0.1) is 0 Å². The number of carbonyl (C=O) groups is 1. The second-order valence-electron chi connectivity index (χ2n) is 6.72. The molecule has 3 aliphatic heterocycles. The third-order valence-corrected chi connectivity index (χ3v) is 5.32. The first kappa shape index (κ1) is 16.3. The standard InChI is InChI=1S/C17H22ClN3O3/c18-13-7-12(8-19-9-13)10-20-11-14(16-15(20)3-6-23-16)17(22)21-4-1-2-5-24-21/h7-9,14-16H,1-6,10-11H2/t14-,15+,16+/m0/s1. The number of carbonyl (C=O) groups excluding carboxylic acids is 1. The van der Waals surface area contributed by atoms with Crippen molar-refractivity contribution >= 4 is 17.5 Å². The van der Waals surface area contributed by atoms with Crippen molar-refractivity contribution in [3.63, 3.8) is 0 Å². The first-order valence-electron chi connectivity index (χ1n) is 8.62. The summed E-state index contributed by atoms with van der Waals surface area (Å²) in [5, 5.41) is 2.19. The molecule has 130 valence electrons. The number of halogens is 1. The van der Waals surface area contributed by atoms with Crippen LogP contribution >= 0.6 is 11.6 Å².